The van der Waals surface area contributed by atoms with E-state index in [0.29, 0.717) is 24.3 Å². The molecule has 0 bridgehead atoms. The number of nitrogens with zero attached hydrogens (tertiary/aromatic N) is 4. The number of hydrogen-bond acceptors (Lipinski definition) is 4. The monoisotopic (exact) mass is 230 g/mol. The van der Waals surface area contributed by atoms with Crippen LogP contribution in [0.1, 0.15) is 16.1 Å². The summed E-state index contributed by atoms with van der Waals surface area (Å²) in [6.07, 6.45) is 4.78. The van der Waals surface area contributed by atoms with E-state index in [2.05, 4.69) is 20.6 Å². The largest absolute Gasteiger partial charge is 0.356 e. The Morgan fingerprint density at radius 3 is 3.18 bits per heavy atom. The number of amides is 1. The maximum Gasteiger partial charge on any atom is 0.267 e. The SMILES string of the molecule is N#Cc1c[nH]c(C(=O)NCCn2ccnn2)c1. The van der Waals surface area contributed by atoms with E-state index >= 15 is 0 Å². The zero-order valence-corrected chi connectivity index (χ0v) is 8.92. The first-order chi connectivity index (χ1) is 8.29. The minimum atomic E-state index is -0.244. The van der Waals surface area contributed by atoms with Crippen molar-refractivity contribution < 1.29 is 4.79 Å². The number of carbonyl (C=O) groups excluding carboxylic acids is 1. The van der Waals surface area contributed by atoms with Crippen molar-refractivity contribution in [3.63, 3.8) is 0 Å². The maximum absolute atomic E-state index is 11.6. The summed E-state index contributed by atoms with van der Waals surface area (Å²) in [4.78, 5) is 14.3. The summed E-state index contributed by atoms with van der Waals surface area (Å²) in [6, 6.07) is 3.45. The molecule has 2 aromatic heterocycles. The van der Waals surface area contributed by atoms with Crippen molar-refractivity contribution in [2.45, 2.75) is 6.54 Å². The number of rotatable bonds is 4. The van der Waals surface area contributed by atoms with E-state index in [1.807, 2.05) is 6.07 Å². The van der Waals surface area contributed by atoms with E-state index in [9.17, 15) is 4.79 Å². The molecule has 0 radical (unpaired) electrons. The zero-order valence-electron chi connectivity index (χ0n) is 8.92. The van der Waals surface area contributed by atoms with Crippen molar-refractivity contribution in [2.24, 2.45) is 0 Å². The van der Waals surface area contributed by atoms with Gasteiger partial charge in [0.15, 0.2) is 0 Å². The average Bonchev–Trinajstić information content (AvgIpc) is 2.99. The van der Waals surface area contributed by atoms with Gasteiger partial charge >= 0.3 is 0 Å². The van der Waals surface area contributed by atoms with E-state index in [1.54, 1.807) is 17.1 Å². The second kappa shape index (κ2) is 4.94. The Labute approximate surface area is 97.1 Å². The van der Waals surface area contributed by atoms with Crippen LogP contribution in [0.4, 0.5) is 0 Å². The van der Waals surface area contributed by atoms with Crippen LogP contribution in [0.25, 0.3) is 0 Å². The van der Waals surface area contributed by atoms with Crippen LogP contribution < -0.4 is 5.32 Å². The smallest absolute Gasteiger partial charge is 0.267 e. The lowest BCUT2D eigenvalue weighted by molar-refractivity contribution is 0.0947. The summed E-state index contributed by atoms with van der Waals surface area (Å²) >= 11 is 0. The van der Waals surface area contributed by atoms with Gasteiger partial charge < -0.3 is 10.3 Å². The van der Waals surface area contributed by atoms with Gasteiger partial charge in [0.05, 0.1) is 18.3 Å². The van der Waals surface area contributed by atoms with Gasteiger partial charge in [-0.3, -0.25) is 9.48 Å². The first kappa shape index (κ1) is 10.9. The third-order valence-corrected chi connectivity index (χ3v) is 2.16. The van der Waals surface area contributed by atoms with Crippen molar-refractivity contribution in [1.29, 1.82) is 5.26 Å². The summed E-state index contributed by atoms with van der Waals surface area (Å²) in [7, 11) is 0. The van der Waals surface area contributed by atoms with Crippen LogP contribution >= 0.6 is 0 Å². The Kier molecular flexibility index (Phi) is 3.16. The summed E-state index contributed by atoms with van der Waals surface area (Å²) in [5.41, 5.74) is 0.812. The first-order valence-electron chi connectivity index (χ1n) is 5.00. The van der Waals surface area contributed by atoms with Crippen molar-refractivity contribution in [3.05, 3.63) is 35.9 Å². The van der Waals surface area contributed by atoms with Gasteiger partial charge in [0.25, 0.3) is 5.91 Å². The summed E-state index contributed by atoms with van der Waals surface area (Å²) in [5, 5.41) is 18.7. The highest BCUT2D eigenvalue weighted by Crippen LogP contribution is 2.01. The van der Waals surface area contributed by atoms with Gasteiger partial charge in [-0.05, 0) is 6.07 Å². The van der Waals surface area contributed by atoms with Crippen molar-refractivity contribution >= 4 is 5.91 Å². The van der Waals surface area contributed by atoms with Crippen LogP contribution in [0.3, 0.4) is 0 Å². The van der Waals surface area contributed by atoms with Gasteiger partial charge in [-0.2, -0.15) is 5.26 Å². The molecule has 0 saturated heterocycles. The van der Waals surface area contributed by atoms with Gasteiger partial charge in [-0.25, -0.2) is 0 Å². The molecule has 2 heterocycles. The highest BCUT2D eigenvalue weighted by Gasteiger charge is 2.07. The van der Waals surface area contributed by atoms with Crippen LogP contribution in [0.15, 0.2) is 24.7 Å². The Balaban J connectivity index is 1.83. The van der Waals surface area contributed by atoms with Crippen molar-refractivity contribution in [3.8, 4) is 6.07 Å². The minimum Gasteiger partial charge on any atom is -0.356 e. The van der Waals surface area contributed by atoms with Crippen LogP contribution in [-0.4, -0.2) is 32.4 Å². The lowest BCUT2D eigenvalue weighted by atomic mass is 10.3. The van der Waals surface area contributed by atoms with E-state index < -0.39 is 0 Å². The molecule has 7 heteroatoms. The number of H-pyrrole nitrogens is 1. The number of nitrogens with one attached hydrogen (secondary N) is 2. The lowest BCUT2D eigenvalue weighted by Crippen LogP contribution is -2.27. The molecule has 1 amide bonds. The molecule has 0 aliphatic heterocycles. The molecule has 0 fully saturated rings. The Bertz CT molecular complexity index is 535. The lowest BCUT2D eigenvalue weighted by Gasteiger charge is -2.02. The molecule has 86 valence electrons. The highest BCUT2D eigenvalue weighted by atomic mass is 16.1. The van der Waals surface area contributed by atoms with Crippen molar-refractivity contribution in [2.75, 3.05) is 6.54 Å². The third-order valence-electron chi connectivity index (χ3n) is 2.16. The summed E-state index contributed by atoms with van der Waals surface area (Å²) in [6.45, 7) is 1.00. The molecular weight excluding hydrogens is 220 g/mol. The molecule has 0 saturated carbocycles. The van der Waals surface area contributed by atoms with Crippen LogP contribution in [-0.2, 0) is 6.54 Å². The topological polar surface area (TPSA) is 99.4 Å². The second-order valence-electron chi connectivity index (χ2n) is 3.34. The van der Waals surface area contributed by atoms with E-state index in [1.165, 1.54) is 12.3 Å². The second-order valence-corrected chi connectivity index (χ2v) is 3.34. The standard InChI is InChI=1S/C10H10N6O/c11-6-8-5-9(13-7-8)10(17)12-1-3-16-4-2-14-15-16/h2,4-5,7,13H,1,3H2,(H,12,17). The highest BCUT2D eigenvalue weighted by molar-refractivity contribution is 5.92. The fourth-order valence-corrected chi connectivity index (χ4v) is 1.32. The number of nitriles is 1. The Morgan fingerprint density at radius 1 is 1.65 bits per heavy atom. The quantitative estimate of drug-likeness (QED) is 0.766. The molecule has 0 spiro atoms. The molecule has 17 heavy (non-hydrogen) atoms. The Morgan fingerprint density at radius 2 is 2.53 bits per heavy atom. The predicted octanol–water partition coefficient (Wildman–Crippen LogP) is -0.0921. The Hall–Kier alpha value is -2.62. The van der Waals surface area contributed by atoms with Crippen LogP contribution in [0.5, 0.6) is 0 Å². The van der Waals surface area contributed by atoms with E-state index in [0.717, 1.165) is 0 Å². The van der Waals surface area contributed by atoms with Gasteiger partial charge in [0.1, 0.15) is 11.8 Å². The molecule has 0 aliphatic rings. The molecule has 0 aliphatic carbocycles. The van der Waals surface area contributed by atoms with E-state index in [-0.39, 0.29) is 5.91 Å². The molecular formula is C10H10N6O. The molecule has 2 N–H and O–H groups in total. The van der Waals surface area contributed by atoms with Crippen LogP contribution in [0, 0.1) is 11.3 Å². The van der Waals surface area contributed by atoms with Gasteiger partial charge in [0, 0.05) is 18.9 Å². The van der Waals surface area contributed by atoms with Gasteiger partial charge in [-0.15, -0.1) is 5.10 Å². The average molecular weight is 230 g/mol. The molecule has 0 unspecified atom stereocenters. The number of hydrogen-bond donors (Lipinski definition) is 2. The third kappa shape index (κ3) is 2.69. The fourth-order valence-electron chi connectivity index (χ4n) is 1.32. The van der Waals surface area contributed by atoms with Crippen LogP contribution in [0.2, 0.25) is 0 Å². The number of aromatic nitrogens is 4. The molecule has 7 nitrogen and oxygen atoms in total. The van der Waals surface area contributed by atoms with Gasteiger partial charge in [0.2, 0.25) is 0 Å². The maximum atomic E-state index is 11.6. The minimum absolute atomic E-state index is 0.244. The summed E-state index contributed by atoms with van der Waals surface area (Å²) in [5.74, 6) is -0.244. The van der Waals surface area contributed by atoms with E-state index in [4.69, 9.17) is 5.26 Å². The fraction of sp³-hybridized carbons (Fsp3) is 0.200. The molecule has 0 aromatic carbocycles. The van der Waals surface area contributed by atoms with Crippen molar-refractivity contribution in [1.82, 2.24) is 25.3 Å². The normalized spacial score (nSPS) is 9.82. The molecule has 2 aromatic rings. The summed E-state index contributed by atoms with van der Waals surface area (Å²) < 4.78 is 1.62. The first-order valence-corrected chi connectivity index (χ1v) is 5.00. The number of carbonyl (C=O) groups is 1. The predicted molar refractivity (Wildman–Crippen MR) is 57.9 cm³/mol. The molecule has 2 rings (SSSR count). The molecule has 0 atom stereocenters. The van der Waals surface area contributed by atoms with Gasteiger partial charge in [-0.1, -0.05) is 5.21 Å². The number of aromatic amines is 1. The zero-order chi connectivity index (χ0) is 12.1.